The molecule has 4 atom stereocenters. The Morgan fingerprint density at radius 1 is 0.789 bits per heavy atom. The fourth-order valence-electron chi connectivity index (χ4n) is 4.45. The highest BCUT2D eigenvalue weighted by atomic mass is 15.0. The molecular formula is C18H35N. The van der Waals surface area contributed by atoms with Gasteiger partial charge in [-0.05, 0) is 49.4 Å². The van der Waals surface area contributed by atoms with E-state index >= 15 is 0 Å². The second kappa shape index (κ2) is 7.11. The van der Waals surface area contributed by atoms with Crippen molar-refractivity contribution in [3.63, 3.8) is 0 Å². The van der Waals surface area contributed by atoms with Gasteiger partial charge in [-0.2, -0.15) is 0 Å². The summed E-state index contributed by atoms with van der Waals surface area (Å²) in [5.41, 5.74) is 0. The first-order valence-corrected chi connectivity index (χ1v) is 8.84. The van der Waals surface area contributed by atoms with E-state index in [1.165, 1.54) is 51.4 Å². The molecule has 0 saturated heterocycles. The molecule has 0 aromatic heterocycles. The fourth-order valence-corrected chi connectivity index (χ4v) is 4.45. The van der Waals surface area contributed by atoms with E-state index in [1.54, 1.807) is 0 Å². The summed E-state index contributed by atoms with van der Waals surface area (Å²) in [6, 6.07) is 1.62. The Morgan fingerprint density at radius 2 is 1.53 bits per heavy atom. The Bertz CT molecular complexity index is 258. The van der Waals surface area contributed by atoms with Gasteiger partial charge in [0.05, 0.1) is 0 Å². The Kier molecular flexibility index (Phi) is 5.74. The van der Waals surface area contributed by atoms with Crippen LogP contribution in [0.2, 0.25) is 0 Å². The van der Waals surface area contributed by atoms with Crippen molar-refractivity contribution in [1.29, 1.82) is 0 Å². The van der Waals surface area contributed by atoms with Crippen molar-refractivity contribution in [2.24, 2.45) is 23.7 Å². The van der Waals surface area contributed by atoms with Gasteiger partial charge >= 0.3 is 0 Å². The quantitative estimate of drug-likeness (QED) is 0.754. The molecule has 112 valence electrons. The minimum absolute atomic E-state index is 0.810. The maximum Gasteiger partial charge on any atom is 0.0100 e. The highest BCUT2D eigenvalue weighted by Crippen LogP contribution is 2.34. The van der Waals surface area contributed by atoms with E-state index in [0.717, 1.165) is 35.8 Å². The van der Waals surface area contributed by atoms with Crippen molar-refractivity contribution in [2.75, 3.05) is 0 Å². The summed E-state index contributed by atoms with van der Waals surface area (Å²) < 4.78 is 0. The number of hydrogen-bond donors (Lipinski definition) is 1. The molecule has 2 rings (SSSR count). The number of hydrogen-bond acceptors (Lipinski definition) is 1. The molecule has 4 unspecified atom stereocenters. The van der Waals surface area contributed by atoms with E-state index in [4.69, 9.17) is 0 Å². The molecule has 0 aromatic rings. The molecule has 2 aliphatic rings. The molecule has 2 fully saturated rings. The van der Waals surface area contributed by atoms with E-state index in [9.17, 15) is 0 Å². The Hall–Kier alpha value is -0.0400. The third-order valence-electron chi connectivity index (χ3n) is 5.78. The molecule has 0 aliphatic heterocycles. The standard InChI is InChI=1S/C18H35N/c1-13(2)15-8-7-9-16(12-15)19-18-11-6-5-10-17(18)14(3)4/h13-19H,5-12H2,1-4H3. The van der Waals surface area contributed by atoms with Gasteiger partial charge in [0.15, 0.2) is 0 Å². The van der Waals surface area contributed by atoms with E-state index < -0.39 is 0 Å². The first-order chi connectivity index (χ1) is 9.08. The van der Waals surface area contributed by atoms with Gasteiger partial charge in [0, 0.05) is 12.1 Å². The lowest BCUT2D eigenvalue weighted by Crippen LogP contribution is -2.47. The van der Waals surface area contributed by atoms with Crippen LogP contribution in [0, 0.1) is 23.7 Å². The molecule has 0 bridgehead atoms. The molecule has 0 spiro atoms. The summed E-state index contributed by atoms with van der Waals surface area (Å²) in [4.78, 5) is 0. The lowest BCUT2D eigenvalue weighted by molar-refractivity contribution is 0.158. The Labute approximate surface area is 120 Å². The van der Waals surface area contributed by atoms with Gasteiger partial charge in [0.2, 0.25) is 0 Å². The maximum absolute atomic E-state index is 4.07. The summed E-state index contributed by atoms with van der Waals surface area (Å²) in [5, 5.41) is 4.07. The summed E-state index contributed by atoms with van der Waals surface area (Å²) in [6.07, 6.45) is 11.5. The van der Waals surface area contributed by atoms with Crippen LogP contribution in [0.4, 0.5) is 0 Å². The molecule has 0 aromatic carbocycles. The zero-order chi connectivity index (χ0) is 13.8. The van der Waals surface area contributed by atoms with Crippen LogP contribution in [0.15, 0.2) is 0 Å². The lowest BCUT2D eigenvalue weighted by atomic mass is 9.75. The first-order valence-electron chi connectivity index (χ1n) is 8.84. The smallest absolute Gasteiger partial charge is 0.0100 e. The SMILES string of the molecule is CC(C)C1CCCC(NC2CCCCC2C(C)C)C1. The van der Waals surface area contributed by atoms with Crippen molar-refractivity contribution in [3.8, 4) is 0 Å². The van der Waals surface area contributed by atoms with Gasteiger partial charge in [-0.15, -0.1) is 0 Å². The van der Waals surface area contributed by atoms with E-state index in [0.29, 0.717) is 0 Å². The third kappa shape index (κ3) is 4.21. The van der Waals surface area contributed by atoms with Gasteiger partial charge in [-0.25, -0.2) is 0 Å². The van der Waals surface area contributed by atoms with E-state index in [2.05, 4.69) is 33.0 Å². The zero-order valence-corrected chi connectivity index (χ0v) is 13.6. The van der Waals surface area contributed by atoms with Crippen molar-refractivity contribution in [2.45, 2.75) is 91.1 Å². The van der Waals surface area contributed by atoms with Crippen LogP contribution in [-0.4, -0.2) is 12.1 Å². The largest absolute Gasteiger partial charge is 0.311 e. The predicted octanol–water partition coefficient (Wildman–Crippen LogP) is 5.01. The van der Waals surface area contributed by atoms with Crippen LogP contribution < -0.4 is 5.32 Å². The van der Waals surface area contributed by atoms with Crippen molar-refractivity contribution >= 4 is 0 Å². The summed E-state index contributed by atoms with van der Waals surface area (Å²) in [7, 11) is 0. The Morgan fingerprint density at radius 3 is 2.21 bits per heavy atom. The van der Waals surface area contributed by atoms with Crippen LogP contribution >= 0.6 is 0 Å². The van der Waals surface area contributed by atoms with Gasteiger partial charge < -0.3 is 5.32 Å². The molecule has 1 N–H and O–H groups in total. The molecule has 0 amide bonds. The van der Waals surface area contributed by atoms with Crippen molar-refractivity contribution in [3.05, 3.63) is 0 Å². The summed E-state index contributed by atoms with van der Waals surface area (Å²) >= 11 is 0. The summed E-state index contributed by atoms with van der Waals surface area (Å²) in [6.45, 7) is 9.65. The highest BCUT2D eigenvalue weighted by molar-refractivity contribution is 4.88. The molecule has 0 radical (unpaired) electrons. The van der Waals surface area contributed by atoms with Crippen LogP contribution in [0.5, 0.6) is 0 Å². The van der Waals surface area contributed by atoms with Gasteiger partial charge in [-0.3, -0.25) is 0 Å². The predicted molar refractivity (Wildman–Crippen MR) is 84.3 cm³/mol. The molecule has 0 heterocycles. The number of nitrogens with one attached hydrogen (secondary N) is 1. The number of rotatable bonds is 4. The van der Waals surface area contributed by atoms with E-state index in [-0.39, 0.29) is 0 Å². The van der Waals surface area contributed by atoms with Gasteiger partial charge in [-0.1, -0.05) is 53.4 Å². The highest BCUT2D eigenvalue weighted by Gasteiger charge is 2.31. The van der Waals surface area contributed by atoms with Crippen molar-refractivity contribution < 1.29 is 0 Å². The zero-order valence-electron chi connectivity index (χ0n) is 13.6. The average Bonchev–Trinajstić information content (AvgIpc) is 2.39. The second-order valence-electron chi connectivity index (χ2n) is 7.83. The second-order valence-corrected chi connectivity index (χ2v) is 7.83. The normalized spacial score (nSPS) is 36.9. The Balaban J connectivity index is 1.88. The lowest BCUT2D eigenvalue weighted by Gasteiger charge is -2.40. The molecule has 19 heavy (non-hydrogen) atoms. The average molecular weight is 265 g/mol. The minimum Gasteiger partial charge on any atom is -0.311 e. The monoisotopic (exact) mass is 265 g/mol. The fraction of sp³-hybridized carbons (Fsp3) is 1.00. The third-order valence-corrected chi connectivity index (χ3v) is 5.78. The molecule has 1 nitrogen and oxygen atoms in total. The van der Waals surface area contributed by atoms with Crippen LogP contribution in [0.3, 0.4) is 0 Å². The maximum atomic E-state index is 4.07. The van der Waals surface area contributed by atoms with Crippen LogP contribution in [0.1, 0.15) is 79.1 Å². The minimum atomic E-state index is 0.810. The topological polar surface area (TPSA) is 12.0 Å². The molecule has 1 heteroatoms. The van der Waals surface area contributed by atoms with Crippen LogP contribution in [-0.2, 0) is 0 Å². The molecule has 2 saturated carbocycles. The first kappa shape index (κ1) is 15.4. The van der Waals surface area contributed by atoms with Crippen molar-refractivity contribution in [1.82, 2.24) is 5.32 Å². The van der Waals surface area contributed by atoms with Crippen LogP contribution in [0.25, 0.3) is 0 Å². The van der Waals surface area contributed by atoms with Gasteiger partial charge in [0.1, 0.15) is 0 Å². The molecular weight excluding hydrogens is 230 g/mol. The van der Waals surface area contributed by atoms with E-state index in [1.807, 2.05) is 0 Å². The molecule has 2 aliphatic carbocycles. The summed E-state index contributed by atoms with van der Waals surface area (Å²) in [5.74, 6) is 3.61. The van der Waals surface area contributed by atoms with Gasteiger partial charge in [0.25, 0.3) is 0 Å².